The third-order valence-corrected chi connectivity index (χ3v) is 4.98. The molecule has 0 aliphatic heterocycles. The summed E-state index contributed by atoms with van der Waals surface area (Å²) in [5.41, 5.74) is 3.99. The lowest BCUT2D eigenvalue weighted by atomic mass is 10.1. The van der Waals surface area contributed by atoms with Gasteiger partial charge in [0.25, 0.3) is 5.91 Å². The third kappa shape index (κ3) is 7.04. The second kappa shape index (κ2) is 13.6. The predicted octanol–water partition coefficient (Wildman–Crippen LogP) is 6.25. The summed E-state index contributed by atoms with van der Waals surface area (Å²) in [5, 5.41) is 2.96. The highest BCUT2D eigenvalue weighted by Crippen LogP contribution is 2.28. The molecule has 6 heteroatoms. The Kier molecular flexibility index (Phi) is 10.5. The summed E-state index contributed by atoms with van der Waals surface area (Å²) in [7, 11) is 3.35. The molecule has 0 spiro atoms. The Balaban J connectivity index is 0.00000199. The second-order valence-electron chi connectivity index (χ2n) is 7.07. The second-order valence-corrected chi connectivity index (χ2v) is 7.07. The van der Waals surface area contributed by atoms with E-state index in [1.54, 1.807) is 38.7 Å². The van der Waals surface area contributed by atoms with Gasteiger partial charge in [-0.2, -0.15) is 0 Å². The van der Waals surface area contributed by atoms with Crippen LogP contribution >= 0.6 is 0 Å². The Morgan fingerprint density at radius 2 is 1.82 bits per heavy atom. The summed E-state index contributed by atoms with van der Waals surface area (Å²) >= 11 is 0. The van der Waals surface area contributed by atoms with E-state index in [9.17, 15) is 4.79 Å². The largest absolute Gasteiger partial charge is 0.497 e. The summed E-state index contributed by atoms with van der Waals surface area (Å²) in [6.07, 6.45) is 5.39. The van der Waals surface area contributed by atoms with Crippen LogP contribution in [0.25, 0.3) is 5.57 Å². The highest BCUT2D eigenvalue weighted by molar-refractivity contribution is 6.08. The highest BCUT2D eigenvalue weighted by Gasteiger charge is 2.13. The van der Waals surface area contributed by atoms with Gasteiger partial charge in [0.05, 0.1) is 12.8 Å². The molecule has 1 amide bonds. The Morgan fingerprint density at radius 1 is 1.09 bits per heavy atom. The number of carbonyl (C=O) groups is 1. The van der Waals surface area contributed by atoms with Gasteiger partial charge in [0.15, 0.2) is 0 Å². The highest BCUT2D eigenvalue weighted by atomic mass is 16.5. The fourth-order valence-electron chi connectivity index (χ4n) is 3.18. The van der Waals surface area contributed by atoms with Crippen molar-refractivity contribution >= 4 is 17.7 Å². The van der Waals surface area contributed by atoms with Crippen LogP contribution in [0, 0.1) is 6.92 Å². The van der Waals surface area contributed by atoms with Gasteiger partial charge in [-0.05, 0) is 49.7 Å². The minimum Gasteiger partial charge on any atom is -0.497 e. The molecule has 34 heavy (non-hydrogen) atoms. The van der Waals surface area contributed by atoms with Crippen LogP contribution in [0.2, 0.25) is 0 Å². The van der Waals surface area contributed by atoms with Gasteiger partial charge < -0.3 is 14.8 Å². The van der Waals surface area contributed by atoms with Crippen LogP contribution in [0.15, 0.2) is 71.9 Å². The first-order valence-electron chi connectivity index (χ1n) is 11.3. The maximum Gasteiger partial charge on any atom is 0.251 e. The molecule has 0 fully saturated rings. The molecule has 2 aromatic carbocycles. The topological polar surface area (TPSA) is 72.8 Å². The van der Waals surface area contributed by atoms with Gasteiger partial charge in [0.1, 0.15) is 17.2 Å². The number of nitrogens with zero attached hydrogens (tertiary/aromatic N) is 2. The number of hydrogen-bond acceptors (Lipinski definition) is 5. The number of ether oxygens (including phenoxy) is 2. The molecule has 6 nitrogen and oxygen atoms in total. The molecule has 0 aliphatic carbocycles. The van der Waals surface area contributed by atoms with Crippen molar-refractivity contribution in [3.8, 4) is 17.2 Å². The minimum absolute atomic E-state index is 0.158. The monoisotopic (exact) mass is 459 g/mol. The van der Waals surface area contributed by atoms with E-state index in [0.29, 0.717) is 23.6 Å². The molecule has 0 saturated heterocycles. The van der Waals surface area contributed by atoms with E-state index in [0.717, 1.165) is 28.1 Å². The number of allylic oxidation sites excluding steroid dienone is 2. The lowest BCUT2D eigenvalue weighted by Crippen LogP contribution is -2.23. The van der Waals surface area contributed by atoms with E-state index in [1.807, 2.05) is 76.2 Å². The Morgan fingerprint density at radius 3 is 2.47 bits per heavy atom. The van der Waals surface area contributed by atoms with Crippen molar-refractivity contribution in [3.63, 3.8) is 0 Å². The number of hydrogen-bond donors (Lipinski definition) is 1. The van der Waals surface area contributed by atoms with Gasteiger partial charge in [-0.25, -0.2) is 0 Å². The first-order chi connectivity index (χ1) is 16.5. The van der Waals surface area contributed by atoms with Crippen LogP contribution in [0.5, 0.6) is 17.2 Å². The predicted molar refractivity (Wildman–Crippen MR) is 139 cm³/mol. The van der Waals surface area contributed by atoms with E-state index in [-0.39, 0.29) is 5.91 Å². The van der Waals surface area contributed by atoms with Gasteiger partial charge in [-0.1, -0.05) is 38.1 Å². The number of aliphatic imine (C=N–C) groups is 1. The van der Waals surface area contributed by atoms with Crippen LogP contribution in [0.3, 0.4) is 0 Å². The quantitative estimate of drug-likeness (QED) is 0.404. The van der Waals surface area contributed by atoms with Gasteiger partial charge in [-0.3, -0.25) is 14.8 Å². The molecule has 0 radical (unpaired) electrons. The molecule has 1 heterocycles. The summed E-state index contributed by atoms with van der Waals surface area (Å²) < 4.78 is 11.3. The average Bonchev–Trinajstić information content (AvgIpc) is 2.88. The number of nitrogens with one attached hydrogen (secondary N) is 1. The van der Waals surface area contributed by atoms with Crippen LogP contribution in [-0.2, 0) is 6.54 Å². The first kappa shape index (κ1) is 26.3. The van der Waals surface area contributed by atoms with Crippen molar-refractivity contribution in [2.24, 2.45) is 4.99 Å². The molecule has 0 bridgehead atoms. The third-order valence-electron chi connectivity index (χ3n) is 4.98. The number of amides is 1. The van der Waals surface area contributed by atoms with Crippen molar-refractivity contribution in [2.75, 3.05) is 14.2 Å². The number of pyridine rings is 1. The van der Waals surface area contributed by atoms with Crippen molar-refractivity contribution in [1.82, 2.24) is 10.3 Å². The van der Waals surface area contributed by atoms with Crippen LogP contribution in [0.4, 0.5) is 0 Å². The number of rotatable bonds is 8. The van der Waals surface area contributed by atoms with Crippen LogP contribution in [-0.4, -0.2) is 31.3 Å². The first-order valence-corrected chi connectivity index (χ1v) is 11.3. The van der Waals surface area contributed by atoms with Crippen molar-refractivity contribution < 1.29 is 14.3 Å². The van der Waals surface area contributed by atoms with Gasteiger partial charge in [0.2, 0.25) is 0 Å². The molecule has 0 aliphatic rings. The molecule has 0 unspecified atom stereocenters. The Labute approximate surface area is 202 Å². The zero-order valence-corrected chi connectivity index (χ0v) is 20.8. The average molecular weight is 460 g/mol. The molecule has 0 atom stereocenters. The van der Waals surface area contributed by atoms with Crippen LogP contribution in [0.1, 0.15) is 48.0 Å². The van der Waals surface area contributed by atoms with Crippen LogP contribution < -0.4 is 14.8 Å². The number of benzene rings is 2. The van der Waals surface area contributed by atoms with Crippen molar-refractivity contribution in [3.05, 3.63) is 89.3 Å². The normalized spacial score (nSPS) is 10.9. The van der Waals surface area contributed by atoms with E-state index in [1.165, 1.54) is 0 Å². The molecular weight excluding hydrogens is 426 g/mol. The molecule has 178 valence electrons. The SMILES string of the molecule is C/C=C(\C=NC)c1cc(Oc2cccc(C(=O)NCc3ccc(OC)cc3)c2C)ccn1.CC. The molecule has 1 aromatic heterocycles. The summed E-state index contributed by atoms with van der Waals surface area (Å²) in [4.78, 5) is 21.3. The molecular formula is C28H33N3O3. The number of carbonyl (C=O) groups excluding carboxylic acids is 1. The van der Waals surface area contributed by atoms with E-state index < -0.39 is 0 Å². The summed E-state index contributed by atoms with van der Waals surface area (Å²) in [6, 6.07) is 16.7. The van der Waals surface area contributed by atoms with E-state index >= 15 is 0 Å². The standard InChI is InChI=1S/C26H27N3O3.C2H6/c1-5-20(17-27-3)24-15-22(13-14-28-24)32-25-8-6-7-23(18(25)2)26(30)29-16-19-9-11-21(31-4)12-10-19;1-2/h5-15,17H,16H2,1-4H3,(H,29,30);1-2H3/b20-5+,27-17?;. The van der Waals surface area contributed by atoms with Crippen molar-refractivity contribution in [2.45, 2.75) is 34.2 Å². The van der Waals surface area contributed by atoms with Gasteiger partial charge in [-0.15, -0.1) is 0 Å². The molecule has 3 rings (SSSR count). The summed E-state index contributed by atoms with van der Waals surface area (Å²) in [6.45, 7) is 8.23. The zero-order valence-electron chi connectivity index (χ0n) is 20.8. The van der Waals surface area contributed by atoms with E-state index in [4.69, 9.17) is 9.47 Å². The van der Waals surface area contributed by atoms with Crippen molar-refractivity contribution in [1.29, 1.82) is 0 Å². The zero-order chi connectivity index (χ0) is 24.9. The van der Waals surface area contributed by atoms with Gasteiger partial charge in [0, 0.05) is 48.8 Å². The maximum atomic E-state index is 12.8. The fourth-order valence-corrected chi connectivity index (χ4v) is 3.18. The molecule has 0 saturated carbocycles. The van der Waals surface area contributed by atoms with E-state index in [2.05, 4.69) is 15.3 Å². The lowest BCUT2D eigenvalue weighted by molar-refractivity contribution is 0.0950. The Bertz CT molecular complexity index is 1140. The number of aromatic nitrogens is 1. The molecule has 3 aromatic rings. The summed E-state index contributed by atoms with van der Waals surface area (Å²) in [5.74, 6) is 1.88. The lowest BCUT2D eigenvalue weighted by Gasteiger charge is -2.13. The van der Waals surface area contributed by atoms with Gasteiger partial charge >= 0.3 is 0 Å². The maximum absolute atomic E-state index is 12.8. The minimum atomic E-state index is -0.158. The fraction of sp³-hybridized carbons (Fsp3) is 0.250. The number of methoxy groups -OCH3 is 1. The smallest absolute Gasteiger partial charge is 0.251 e. The Hall–Kier alpha value is -3.93. The molecule has 1 N–H and O–H groups in total.